The second kappa shape index (κ2) is 15.3. The molecular formula is C29H29IrN4O3-. The largest absolute Gasteiger partial charge is 0.640 e. The third kappa shape index (κ3) is 9.61. The maximum absolute atomic E-state index is 10.2. The molecule has 0 aliphatic carbocycles. The number of aliphatic hydroxyl groups excluding tert-OH is 1. The van der Waals surface area contributed by atoms with Gasteiger partial charge in [-0.2, -0.15) is 0 Å². The van der Waals surface area contributed by atoms with Crippen LogP contribution in [0.3, 0.4) is 0 Å². The Labute approximate surface area is 230 Å². The summed E-state index contributed by atoms with van der Waals surface area (Å²) in [6, 6.07) is 28.9. The minimum absolute atomic E-state index is 0. The SMILES string of the molecule is CC(=O)/C=C(/C)O.Oc1ccccc1-c1cccc(N(C[N-]Cc2ccccn2)c2ccccc2)n1.[Ir]. The number of pyridine rings is 2. The van der Waals surface area contributed by atoms with E-state index in [0.717, 1.165) is 17.2 Å². The molecule has 2 aromatic carbocycles. The van der Waals surface area contributed by atoms with Crippen molar-refractivity contribution < 1.29 is 35.1 Å². The first kappa shape index (κ1) is 29.4. The number of para-hydroxylation sites is 2. The van der Waals surface area contributed by atoms with E-state index in [0.29, 0.717) is 24.5 Å². The van der Waals surface area contributed by atoms with Crippen LogP contribution in [0.4, 0.5) is 11.5 Å². The monoisotopic (exact) mass is 674 g/mol. The van der Waals surface area contributed by atoms with Crippen molar-refractivity contribution in [2.75, 3.05) is 11.6 Å². The average molecular weight is 674 g/mol. The molecule has 37 heavy (non-hydrogen) atoms. The van der Waals surface area contributed by atoms with Crippen molar-refractivity contribution in [2.45, 2.75) is 20.4 Å². The van der Waals surface area contributed by atoms with Crippen molar-refractivity contribution in [2.24, 2.45) is 0 Å². The van der Waals surface area contributed by atoms with E-state index < -0.39 is 0 Å². The predicted molar refractivity (Wildman–Crippen MR) is 143 cm³/mol. The molecule has 2 aromatic heterocycles. The number of benzene rings is 2. The van der Waals surface area contributed by atoms with Gasteiger partial charge in [0.25, 0.3) is 0 Å². The van der Waals surface area contributed by atoms with Crippen LogP contribution in [0.5, 0.6) is 5.75 Å². The van der Waals surface area contributed by atoms with Crippen LogP contribution < -0.4 is 4.90 Å². The van der Waals surface area contributed by atoms with E-state index in [1.54, 1.807) is 18.3 Å². The van der Waals surface area contributed by atoms with Crippen LogP contribution in [0, 0.1) is 0 Å². The van der Waals surface area contributed by atoms with E-state index in [9.17, 15) is 9.90 Å². The zero-order chi connectivity index (χ0) is 25.8. The van der Waals surface area contributed by atoms with E-state index in [1.165, 1.54) is 19.9 Å². The van der Waals surface area contributed by atoms with E-state index in [4.69, 9.17) is 10.1 Å². The molecule has 0 bridgehead atoms. The molecular weight excluding hydrogens is 645 g/mol. The molecule has 0 unspecified atom stereocenters. The summed E-state index contributed by atoms with van der Waals surface area (Å²) < 4.78 is 0. The Morgan fingerprint density at radius 1 is 0.919 bits per heavy atom. The van der Waals surface area contributed by atoms with E-state index in [2.05, 4.69) is 10.3 Å². The molecule has 4 aromatic rings. The number of hydrogen-bond acceptors (Lipinski definition) is 6. The topological polar surface area (TPSA) is 101 Å². The first-order valence-corrected chi connectivity index (χ1v) is 11.4. The smallest absolute Gasteiger partial charge is 0.155 e. The van der Waals surface area contributed by atoms with Gasteiger partial charge in [0.05, 0.1) is 11.5 Å². The van der Waals surface area contributed by atoms with Gasteiger partial charge in [-0.15, -0.1) is 6.54 Å². The average Bonchev–Trinajstić information content (AvgIpc) is 2.88. The first-order valence-electron chi connectivity index (χ1n) is 11.4. The molecule has 1 radical (unpaired) electrons. The summed E-state index contributed by atoms with van der Waals surface area (Å²) in [5, 5.41) is 23.3. The summed E-state index contributed by atoms with van der Waals surface area (Å²) in [4.78, 5) is 21.2. The normalized spacial score (nSPS) is 10.5. The zero-order valence-electron chi connectivity index (χ0n) is 20.7. The van der Waals surface area contributed by atoms with Gasteiger partial charge in [-0.3, -0.25) is 9.78 Å². The fraction of sp³-hybridized carbons (Fsp3) is 0.138. The van der Waals surface area contributed by atoms with Crippen LogP contribution in [0.1, 0.15) is 19.5 Å². The minimum Gasteiger partial charge on any atom is -0.640 e. The van der Waals surface area contributed by atoms with Gasteiger partial charge in [-0.25, -0.2) is 4.98 Å². The van der Waals surface area contributed by atoms with Gasteiger partial charge in [0.1, 0.15) is 11.6 Å². The van der Waals surface area contributed by atoms with Gasteiger partial charge in [0, 0.05) is 49.3 Å². The second-order valence-electron chi connectivity index (χ2n) is 7.90. The Balaban J connectivity index is 0.000000532. The summed E-state index contributed by atoms with van der Waals surface area (Å²) in [5.74, 6) is 0.914. The number of allylic oxidation sites excluding steroid dienone is 2. The van der Waals surface area contributed by atoms with Crippen molar-refractivity contribution in [1.29, 1.82) is 0 Å². The number of aromatic nitrogens is 2. The molecule has 0 saturated carbocycles. The Bertz CT molecular complexity index is 1280. The number of aliphatic hydroxyl groups is 1. The van der Waals surface area contributed by atoms with Gasteiger partial charge >= 0.3 is 0 Å². The minimum atomic E-state index is -0.125. The van der Waals surface area contributed by atoms with E-state index in [-0.39, 0.29) is 37.4 Å². The third-order valence-corrected chi connectivity index (χ3v) is 4.91. The predicted octanol–water partition coefficient (Wildman–Crippen LogP) is 6.55. The summed E-state index contributed by atoms with van der Waals surface area (Å²) in [7, 11) is 0. The van der Waals surface area contributed by atoms with Crippen molar-refractivity contribution in [3.8, 4) is 17.0 Å². The summed E-state index contributed by atoms with van der Waals surface area (Å²) in [6.07, 6.45) is 2.94. The Hall–Kier alpha value is -3.84. The van der Waals surface area contributed by atoms with Gasteiger partial charge in [-0.05, 0) is 62.4 Å². The molecule has 0 saturated heterocycles. The number of phenols is 1. The molecule has 0 amide bonds. The summed E-state index contributed by atoms with van der Waals surface area (Å²) in [5.41, 5.74) is 3.34. The molecule has 4 rings (SSSR count). The molecule has 0 aliphatic rings. The van der Waals surface area contributed by atoms with Gasteiger partial charge in [0.2, 0.25) is 0 Å². The Morgan fingerprint density at radius 3 is 2.24 bits per heavy atom. The van der Waals surface area contributed by atoms with Crippen molar-refractivity contribution in [3.63, 3.8) is 0 Å². The molecule has 8 heteroatoms. The number of carbonyl (C=O) groups excluding carboxylic acids is 1. The first-order chi connectivity index (χ1) is 17.4. The number of nitrogens with zero attached hydrogens (tertiary/aromatic N) is 4. The van der Waals surface area contributed by atoms with Crippen LogP contribution in [0.2, 0.25) is 0 Å². The molecule has 2 N–H and O–H groups in total. The summed E-state index contributed by atoms with van der Waals surface area (Å²) in [6.45, 7) is 3.82. The van der Waals surface area contributed by atoms with Crippen LogP contribution >= 0.6 is 0 Å². The third-order valence-electron chi connectivity index (χ3n) is 4.91. The van der Waals surface area contributed by atoms with Crippen molar-refractivity contribution in [3.05, 3.63) is 120 Å². The van der Waals surface area contributed by atoms with Crippen LogP contribution in [0.25, 0.3) is 16.6 Å². The van der Waals surface area contributed by atoms with Crippen molar-refractivity contribution in [1.82, 2.24) is 9.97 Å². The molecule has 193 valence electrons. The maximum Gasteiger partial charge on any atom is 0.155 e. The molecule has 2 heterocycles. The summed E-state index contributed by atoms with van der Waals surface area (Å²) >= 11 is 0. The molecule has 0 aliphatic heterocycles. The quantitative estimate of drug-likeness (QED) is 0.163. The van der Waals surface area contributed by atoms with E-state index in [1.807, 2.05) is 83.8 Å². The van der Waals surface area contributed by atoms with Crippen LogP contribution in [-0.4, -0.2) is 32.6 Å². The fourth-order valence-corrected chi connectivity index (χ4v) is 3.36. The number of ketones is 1. The van der Waals surface area contributed by atoms with E-state index >= 15 is 0 Å². The maximum atomic E-state index is 10.2. The Kier molecular flexibility index (Phi) is 12.2. The number of anilines is 2. The number of hydrogen-bond donors (Lipinski definition) is 2. The fourth-order valence-electron chi connectivity index (χ4n) is 3.36. The zero-order valence-corrected chi connectivity index (χ0v) is 23.0. The number of rotatable bonds is 8. The number of aromatic hydroxyl groups is 1. The van der Waals surface area contributed by atoms with Gasteiger partial charge in [0.15, 0.2) is 5.78 Å². The molecule has 0 fully saturated rings. The molecule has 0 spiro atoms. The molecule has 7 nitrogen and oxygen atoms in total. The number of phenolic OH excluding ortho intramolecular Hbond substituents is 1. The standard InChI is InChI=1S/C24H21N4O.C5H8O2.Ir/c29-23-14-5-4-12-21(23)22-13-8-15-24(27-22)28(20-10-2-1-3-11-20)18-25-17-19-9-6-7-16-26-19;1-4(6)3-5(2)7;/h1-16,29H,17-18H2;3,6H,1-2H3;/q-1;;/b;4-3-;. The second-order valence-corrected chi connectivity index (χ2v) is 7.90. The van der Waals surface area contributed by atoms with Gasteiger partial charge in [-0.1, -0.05) is 49.1 Å². The number of carbonyl (C=O) groups is 1. The van der Waals surface area contributed by atoms with Crippen molar-refractivity contribution >= 4 is 17.3 Å². The van der Waals surface area contributed by atoms with Gasteiger partial charge < -0.3 is 20.4 Å². The van der Waals surface area contributed by atoms with Crippen LogP contribution in [-0.2, 0) is 31.4 Å². The van der Waals surface area contributed by atoms with Crippen LogP contribution in [0.15, 0.2) is 109 Å². The molecule has 0 atom stereocenters. The Morgan fingerprint density at radius 2 is 1.62 bits per heavy atom.